The van der Waals surface area contributed by atoms with Crippen LogP contribution in [-0.4, -0.2) is 12.7 Å². The average Bonchev–Trinajstić information content (AvgIpc) is 2.70. The molecule has 0 aliphatic carbocycles. The van der Waals surface area contributed by atoms with Crippen LogP contribution >= 0.6 is 0 Å². The molecular weight excluding hydrogens is 198 g/mol. The fourth-order valence-electron chi connectivity index (χ4n) is 2.33. The van der Waals surface area contributed by atoms with Gasteiger partial charge in [-0.1, -0.05) is 29.8 Å². The molecule has 2 rings (SSSR count). The summed E-state index contributed by atoms with van der Waals surface area (Å²) in [6.45, 7) is 5.09. The normalized spacial score (nSPS) is 24.3. The number of ether oxygens (including phenoxy) is 1. The third kappa shape index (κ3) is 2.63. The fraction of sp³-hybridized carbons (Fsp3) is 0.571. The Labute approximate surface area is 97.8 Å². The van der Waals surface area contributed by atoms with Crippen LogP contribution < -0.4 is 5.73 Å². The van der Waals surface area contributed by atoms with Gasteiger partial charge < -0.3 is 10.5 Å². The molecule has 2 heteroatoms. The molecule has 2 atom stereocenters. The Balaban J connectivity index is 2.07. The quantitative estimate of drug-likeness (QED) is 0.848. The second kappa shape index (κ2) is 4.56. The van der Waals surface area contributed by atoms with Crippen LogP contribution in [0.2, 0.25) is 0 Å². The fourth-order valence-corrected chi connectivity index (χ4v) is 2.33. The summed E-state index contributed by atoms with van der Waals surface area (Å²) in [6.07, 6.45) is 3.58. The molecule has 0 spiro atoms. The first-order valence-electron chi connectivity index (χ1n) is 6.05. The van der Waals surface area contributed by atoms with Crippen LogP contribution in [0, 0.1) is 6.92 Å². The summed E-state index contributed by atoms with van der Waals surface area (Å²) in [5.74, 6) is 0. The van der Waals surface area contributed by atoms with E-state index >= 15 is 0 Å². The SMILES string of the molecule is Cc1ccc(C(C)(N)CC2CCCO2)cc1. The summed E-state index contributed by atoms with van der Waals surface area (Å²) in [5, 5.41) is 0. The summed E-state index contributed by atoms with van der Waals surface area (Å²) >= 11 is 0. The standard InChI is InChI=1S/C14H21NO/c1-11-5-7-12(8-6-11)14(2,15)10-13-4-3-9-16-13/h5-8,13H,3-4,9-10,15H2,1-2H3. The second-order valence-electron chi connectivity index (χ2n) is 5.12. The van der Waals surface area contributed by atoms with Gasteiger partial charge in [0.15, 0.2) is 0 Å². The molecule has 2 unspecified atom stereocenters. The third-order valence-electron chi connectivity index (χ3n) is 3.39. The van der Waals surface area contributed by atoms with Crippen LogP contribution in [0.5, 0.6) is 0 Å². The van der Waals surface area contributed by atoms with Gasteiger partial charge in [0.2, 0.25) is 0 Å². The largest absolute Gasteiger partial charge is 0.378 e. The van der Waals surface area contributed by atoms with Crippen molar-refractivity contribution in [2.45, 2.75) is 44.8 Å². The van der Waals surface area contributed by atoms with Crippen molar-refractivity contribution < 1.29 is 4.74 Å². The second-order valence-corrected chi connectivity index (χ2v) is 5.12. The Bertz CT molecular complexity index is 336. The van der Waals surface area contributed by atoms with Gasteiger partial charge in [0.1, 0.15) is 0 Å². The van der Waals surface area contributed by atoms with Crippen molar-refractivity contribution in [3.05, 3.63) is 35.4 Å². The lowest BCUT2D eigenvalue weighted by molar-refractivity contribution is 0.0856. The molecule has 88 valence electrons. The highest BCUT2D eigenvalue weighted by atomic mass is 16.5. The number of nitrogens with two attached hydrogens (primary N) is 1. The average molecular weight is 219 g/mol. The molecule has 1 aliphatic heterocycles. The maximum atomic E-state index is 6.39. The van der Waals surface area contributed by atoms with E-state index in [1.807, 2.05) is 0 Å². The number of benzene rings is 1. The van der Waals surface area contributed by atoms with E-state index in [9.17, 15) is 0 Å². The van der Waals surface area contributed by atoms with E-state index in [-0.39, 0.29) is 5.54 Å². The lowest BCUT2D eigenvalue weighted by Gasteiger charge is -2.28. The van der Waals surface area contributed by atoms with Crippen molar-refractivity contribution in [1.29, 1.82) is 0 Å². The zero-order valence-corrected chi connectivity index (χ0v) is 10.2. The highest BCUT2D eigenvalue weighted by Crippen LogP contribution is 2.28. The van der Waals surface area contributed by atoms with Gasteiger partial charge in [0, 0.05) is 12.1 Å². The highest BCUT2D eigenvalue weighted by molar-refractivity contribution is 5.27. The molecule has 1 aromatic rings. The van der Waals surface area contributed by atoms with Gasteiger partial charge in [-0.05, 0) is 38.7 Å². The van der Waals surface area contributed by atoms with Gasteiger partial charge in [-0.2, -0.15) is 0 Å². The van der Waals surface area contributed by atoms with Crippen LogP contribution in [0.4, 0.5) is 0 Å². The maximum Gasteiger partial charge on any atom is 0.0596 e. The lowest BCUT2D eigenvalue weighted by Crippen LogP contribution is -2.36. The van der Waals surface area contributed by atoms with E-state index in [1.165, 1.54) is 17.5 Å². The van der Waals surface area contributed by atoms with Crippen molar-refractivity contribution in [3.8, 4) is 0 Å². The summed E-state index contributed by atoms with van der Waals surface area (Å²) < 4.78 is 5.65. The Morgan fingerprint density at radius 3 is 2.62 bits per heavy atom. The molecule has 1 heterocycles. The van der Waals surface area contributed by atoms with E-state index in [0.717, 1.165) is 19.4 Å². The van der Waals surface area contributed by atoms with E-state index in [4.69, 9.17) is 10.5 Å². The summed E-state index contributed by atoms with van der Waals surface area (Å²) in [4.78, 5) is 0. The molecule has 16 heavy (non-hydrogen) atoms. The number of hydrogen-bond donors (Lipinski definition) is 1. The summed E-state index contributed by atoms with van der Waals surface area (Å²) in [6, 6.07) is 8.50. The first-order chi connectivity index (χ1) is 7.58. The van der Waals surface area contributed by atoms with Crippen LogP contribution in [0.1, 0.15) is 37.3 Å². The molecule has 2 nitrogen and oxygen atoms in total. The van der Waals surface area contributed by atoms with Gasteiger partial charge in [-0.15, -0.1) is 0 Å². The minimum absolute atomic E-state index is 0.275. The minimum Gasteiger partial charge on any atom is -0.378 e. The maximum absolute atomic E-state index is 6.39. The lowest BCUT2D eigenvalue weighted by atomic mass is 9.86. The molecule has 1 aromatic carbocycles. The van der Waals surface area contributed by atoms with Crippen molar-refractivity contribution >= 4 is 0 Å². The van der Waals surface area contributed by atoms with E-state index in [1.54, 1.807) is 0 Å². The van der Waals surface area contributed by atoms with Gasteiger partial charge in [0.05, 0.1) is 6.10 Å². The summed E-state index contributed by atoms with van der Waals surface area (Å²) in [5.41, 5.74) is 8.59. The van der Waals surface area contributed by atoms with Gasteiger partial charge in [0.25, 0.3) is 0 Å². The van der Waals surface area contributed by atoms with Crippen molar-refractivity contribution in [2.24, 2.45) is 5.73 Å². The zero-order valence-electron chi connectivity index (χ0n) is 10.2. The van der Waals surface area contributed by atoms with E-state index < -0.39 is 0 Å². The Morgan fingerprint density at radius 2 is 2.06 bits per heavy atom. The molecule has 1 fully saturated rings. The van der Waals surface area contributed by atoms with Gasteiger partial charge >= 0.3 is 0 Å². The van der Waals surface area contributed by atoms with Gasteiger partial charge in [-0.3, -0.25) is 0 Å². The highest BCUT2D eigenvalue weighted by Gasteiger charge is 2.28. The molecule has 2 N–H and O–H groups in total. The number of aryl methyl sites for hydroxylation is 1. The minimum atomic E-state index is -0.275. The molecular formula is C14H21NO. The Morgan fingerprint density at radius 1 is 1.38 bits per heavy atom. The predicted molar refractivity (Wildman–Crippen MR) is 66.3 cm³/mol. The first-order valence-corrected chi connectivity index (χ1v) is 6.05. The first kappa shape index (κ1) is 11.6. The zero-order chi connectivity index (χ0) is 11.6. The van der Waals surface area contributed by atoms with Crippen molar-refractivity contribution in [3.63, 3.8) is 0 Å². The van der Waals surface area contributed by atoms with E-state index in [0.29, 0.717) is 6.10 Å². The third-order valence-corrected chi connectivity index (χ3v) is 3.39. The van der Waals surface area contributed by atoms with E-state index in [2.05, 4.69) is 38.1 Å². The topological polar surface area (TPSA) is 35.2 Å². The molecule has 0 saturated carbocycles. The summed E-state index contributed by atoms with van der Waals surface area (Å²) in [7, 11) is 0. The van der Waals surface area contributed by atoms with Crippen LogP contribution in [0.3, 0.4) is 0 Å². The van der Waals surface area contributed by atoms with Crippen molar-refractivity contribution in [1.82, 2.24) is 0 Å². The monoisotopic (exact) mass is 219 g/mol. The number of hydrogen-bond acceptors (Lipinski definition) is 2. The van der Waals surface area contributed by atoms with Crippen LogP contribution in [0.25, 0.3) is 0 Å². The smallest absolute Gasteiger partial charge is 0.0596 e. The molecule has 1 aliphatic rings. The van der Waals surface area contributed by atoms with Crippen LogP contribution in [-0.2, 0) is 10.3 Å². The molecule has 0 bridgehead atoms. The molecule has 0 amide bonds. The molecule has 0 aromatic heterocycles. The predicted octanol–water partition coefficient (Wildman–Crippen LogP) is 2.74. The number of rotatable bonds is 3. The Kier molecular flexibility index (Phi) is 3.31. The Hall–Kier alpha value is -0.860. The molecule has 0 radical (unpaired) electrons. The van der Waals surface area contributed by atoms with Crippen molar-refractivity contribution in [2.75, 3.05) is 6.61 Å². The molecule has 1 saturated heterocycles. The van der Waals surface area contributed by atoms with Gasteiger partial charge in [-0.25, -0.2) is 0 Å². The van der Waals surface area contributed by atoms with Crippen LogP contribution in [0.15, 0.2) is 24.3 Å².